The highest BCUT2D eigenvalue weighted by molar-refractivity contribution is 5.81. The minimum atomic E-state index is -0.209. The smallest absolute Gasteiger partial charge is 0.330 e. The second-order valence-corrected chi connectivity index (χ2v) is 6.39. The van der Waals surface area contributed by atoms with Crippen LogP contribution in [0.4, 0.5) is 0 Å². The van der Waals surface area contributed by atoms with Gasteiger partial charge < -0.3 is 9.64 Å². The zero-order valence-electron chi connectivity index (χ0n) is 13.9. The first-order valence-corrected chi connectivity index (χ1v) is 8.15. The monoisotopic (exact) mass is 301 g/mol. The first-order chi connectivity index (χ1) is 10.6. The topological polar surface area (TPSA) is 29.5 Å². The lowest BCUT2D eigenvalue weighted by molar-refractivity contribution is -0.144. The number of esters is 1. The standard InChI is InChI=1S/C19H27NO2/c1-4-5-19(21)22-18-12-10-17(11-13-18)16-8-6-15(7-9-16)14-20(2)3/h4-9,17-18H,10-14H2,1-3H3. The van der Waals surface area contributed by atoms with Crippen molar-refractivity contribution in [2.75, 3.05) is 14.1 Å². The minimum absolute atomic E-state index is 0.0907. The summed E-state index contributed by atoms with van der Waals surface area (Å²) in [6.07, 6.45) is 7.44. The zero-order chi connectivity index (χ0) is 15.9. The Balaban J connectivity index is 1.85. The lowest BCUT2D eigenvalue weighted by atomic mass is 9.82. The van der Waals surface area contributed by atoms with Crippen molar-refractivity contribution in [2.24, 2.45) is 0 Å². The Hall–Kier alpha value is -1.61. The summed E-state index contributed by atoms with van der Waals surface area (Å²) in [7, 11) is 4.18. The van der Waals surface area contributed by atoms with E-state index in [1.54, 1.807) is 6.08 Å². The Morgan fingerprint density at radius 2 is 1.82 bits per heavy atom. The Morgan fingerprint density at radius 3 is 2.36 bits per heavy atom. The van der Waals surface area contributed by atoms with Crippen LogP contribution in [-0.4, -0.2) is 31.1 Å². The van der Waals surface area contributed by atoms with Gasteiger partial charge >= 0.3 is 5.97 Å². The highest BCUT2D eigenvalue weighted by Crippen LogP contribution is 2.34. The largest absolute Gasteiger partial charge is 0.459 e. The van der Waals surface area contributed by atoms with Gasteiger partial charge in [-0.25, -0.2) is 4.79 Å². The Kier molecular flexibility index (Phi) is 6.20. The number of carbonyl (C=O) groups excluding carboxylic acids is 1. The molecule has 1 saturated carbocycles. The molecule has 2 rings (SSSR count). The van der Waals surface area contributed by atoms with Crippen molar-refractivity contribution >= 4 is 5.97 Å². The van der Waals surface area contributed by atoms with Gasteiger partial charge in [-0.05, 0) is 63.7 Å². The molecule has 1 aliphatic carbocycles. The van der Waals surface area contributed by atoms with Crippen LogP contribution in [0.15, 0.2) is 36.4 Å². The van der Waals surface area contributed by atoms with E-state index < -0.39 is 0 Å². The summed E-state index contributed by atoms with van der Waals surface area (Å²) >= 11 is 0. The van der Waals surface area contributed by atoms with E-state index in [1.807, 2.05) is 6.92 Å². The van der Waals surface area contributed by atoms with Crippen molar-refractivity contribution < 1.29 is 9.53 Å². The lowest BCUT2D eigenvalue weighted by Gasteiger charge is -2.28. The normalized spacial score (nSPS) is 22.2. The third-order valence-electron chi connectivity index (χ3n) is 4.21. The maximum atomic E-state index is 11.5. The molecule has 22 heavy (non-hydrogen) atoms. The average molecular weight is 301 g/mol. The van der Waals surface area contributed by atoms with Gasteiger partial charge in [0.05, 0.1) is 0 Å². The Labute approximate surface area is 134 Å². The van der Waals surface area contributed by atoms with Crippen LogP contribution in [0.1, 0.15) is 49.7 Å². The molecule has 1 fully saturated rings. The molecule has 0 unspecified atom stereocenters. The highest BCUT2D eigenvalue weighted by Gasteiger charge is 2.24. The maximum absolute atomic E-state index is 11.5. The summed E-state index contributed by atoms with van der Waals surface area (Å²) in [5.41, 5.74) is 2.77. The molecule has 0 saturated heterocycles. The molecule has 0 bridgehead atoms. The van der Waals surface area contributed by atoms with Crippen LogP contribution >= 0.6 is 0 Å². The van der Waals surface area contributed by atoms with Gasteiger partial charge in [-0.2, -0.15) is 0 Å². The second-order valence-electron chi connectivity index (χ2n) is 6.39. The zero-order valence-corrected chi connectivity index (χ0v) is 13.9. The minimum Gasteiger partial charge on any atom is -0.459 e. The molecule has 3 heteroatoms. The second kappa shape index (κ2) is 8.14. The molecule has 1 aromatic rings. The van der Waals surface area contributed by atoms with Crippen LogP contribution in [0.2, 0.25) is 0 Å². The predicted molar refractivity (Wildman–Crippen MR) is 89.7 cm³/mol. The lowest BCUT2D eigenvalue weighted by Crippen LogP contribution is -2.23. The summed E-state index contributed by atoms with van der Waals surface area (Å²) in [6.45, 7) is 2.81. The average Bonchev–Trinajstić information content (AvgIpc) is 2.48. The molecule has 120 valence electrons. The Morgan fingerprint density at radius 1 is 1.18 bits per heavy atom. The van der Waals surface area contributed by atoms with Crippen molar-refractivity contribution in [3.8, 4) is 0 Å². The van der Waals surface area contributed by atoms with Gasteiger partial charge in [0.2, 0.25) is 0 Å². The van der Waals surface area contributed by atoms with E-state index in [1.165, 1.54) is 17.2 Å². The molecule has 0 heterocycles. The maximum Gasteiger partial charge on any atom is 0.330 e. The van der Waals surface area contributed by atoms with Crippen LogP contribution in [0, 0.1) is 0 Å². The van der Waals surface area contributed by atoms with Gasteiger partial charge in [-0.1, -0.05) is 30.3 Å². The van der Waals surface area contributed by atoms with Gasteiger partial charge in [0.1, 0.15) is 6.10 Å². The number of allylic oxidation sites excluding steroid dienone is 1. The van der Waals surface area contributed by atoms with Gasteiger partial charge in [-0.3, -0.25) is 0 Å². The molecular formula is C19H27NO2. The first-order valence-electron chi connectivity index (χ1n) is 8.15. The number of rotatable bonds is 5. The van der Waals surface area contributed by atoms with Gasteiger partial charge in [0, 0.05) is 12.6 Å². The molecule has 0 aliphatic heterocycles. The van der Waals surface area contributed by atoms with Gasteiger partial charge in [-0.15, -0.1) is 0 Å². The molecule has 0 spiro atoms. The highest BCUT2D eigenvalue weighted by atomic mass is 16.5. The van der Waals surface area contributed by atoms with E-state index in [0.717, 1.165) is 32.2 Å². The Bertz CT molecular complexity index is 497. The molecule has 1 aromatic carbocycles. The van der Waals surface area contributed by atoms with E-state index in [-0.39, 0.29) is 12.1 Å². The van der Waals surface area contributed by atoms with E-state index >= 15 is 0 Å². The fraction of sp³-hybridized carbons (Fsp3) is 0.526. The predicted octanol–water partition coefficient (Wildman–Crippen LogP) is 3.89. The van der Waals surface area contributed by atoms with Crippen molar-refractivity contribution in [3.05, 3.63) is 47.5 Å². The number of ether oxygens (including phenoxy) is 1. The number of hydrogen-bond donors (Lipinski definition) is 0. The van der Waals surface area contributed by atoms with Crippen LogP contribution in [0.3, 0.4) is 0 Å². The number of nitrogens with zero attached hydrogens (tertiary/aromatic N) is 1. The summed E-state index contributed by atoms with van der Waals surface area (Å²) < 4.78 is 5.45. The third-order valence-corrected chi connectivity index (χ3v) is 4.21. The first kappa shape index (κ1) is 16.8. The molecule has 0 atom stereocenters. The number of benzene rings is 1. The SMILES string of the molecule is CC=CC(=O)OC1CCC(c2ccc(CN(C)C)cc2)CC1. The number of carbonyl (C=O) groups is 1. The van der Waals surface area contributed by atoms with E-state index in [2.05, 4.69) is 43.3 Å². The molecule has 0 amide bonds. The molecule has 1 aliphatic rings. The summed E-state index contributed by atoms with van der Waals surface area (Å²) in [4.78, 5) is 13.7. The summed E-state index contributed by atoms with van der Waals surface area (Å²) in [5.74, 6) is 0.393. The molecular weight excluding hydrogens is 274 g/mol. The summed E-state index contributed by atoms with van der Waals surface area (Å²) in [5, 5.41) is 0. The summed E-state index contributed by atoms with van der Waals surface area (Å²) in [6, 6.07) is 8.98. The van der Waals surface area contributed by atoms with Crippen LogP contribution in [0.5, 0.6) is 0 Å². The van der Waals surface area contributed by atoms with E-state index in [9.17, 15) is 4.79 Å². The molecule has 0 N–H and O–H groups in total. The molecule has 0 radical (unpaired) electrons. The van der Waals surface area contributed by atoms with Crippen LogP contribution < -0.4 is 0 Å². The van der Waals surface area contributed by atoms with E-state index in [4.69, 9.17) is 4.74 Å². The third kappa shape index (κ3) is 4.99. The van der Waals surface area contributed by atoms with Crippen molar-refractivity contribution in [1.29, 1.82) is 0 Å². The fourth-order valence-electron chi connectivity index (χ4n) is 3.11. The number of hydrogen-bond acceptors (Lipinski definition) is 3. The van der Waals surface area contributed by atoms with Gasteiger partial charge in [0.15, 0.2) is 0 Å². The quantitative estimate of drug-likeness (QED) is 0.610. The van der Waals surface area contributed by atoms with E-state index in [0.29, 0.717) is 5.92 Å². The van der Waals surface area contributed by atoms with Gasteiger partial charge in [0.25, 0.3) is 0 Å². The fourth-order valence-corrected chi connectivity index (χ4v) is 3.11. The molecule has 3 nitrogen and oxygen atoms in total. The molecule has 0 aromatic heterocycles. The van der Waals surface area contributed by atoms with Crippen LogP contribution in [-0.2, 0) is 16.1 Å². The van der Waals surface area contributed by atoms with Crippen molar-refractivity contribution in [2.45, 2.75) is 51.2 Å². The van der Waals surface area contributed by atoms with Crippen LogP contribution in [0.25, 0.3) is 0 Å². The van der Waals surface area contributed by atoms with Crippen molar-refractivity contribution in [3.63, 3.8) is 0 Å². The van der Waals surface area contributed by atoms with Crippen molar-refractivity contribution in [1.82, 2.24) is 4.90 Å².